The molecule has 1 saturated heterocycles. The molecule has 2 rings (SSSR count). The molecule has 1 aromatic heterocycles. The lowest BCUT2D eigenvalue weighted by atomic mass is 10.2. The summed E-state index contributed by atoms with van der Waals surface area (Å²) in [6, 6.07) is 1.99. The predicted octanol–water partition coefficient (Wildman–Crippen LogP) is 1.79. The van der Waals surface area contributed by atoms with Gasteiger partial charge in [0.2, 0.25) is 0 Å². The molecule has 1 aromatic rings. The van der Waals surface area contributed by atoms with Gasteiger partial charge in [0.25, 0.3) is 0 Å². The number of hydrogen-bond acceptors (Lipinski definition) is 4. The molecule has 0 bridgehead atoms. The molecule has 2 heterocycles. The Bertz CT molecular complexity index is 331. The van der Waals surface area contributed by atoms with Crippen LogP contribution in [0.5, 0.6) is 0 Å². The average Bonchev–Trinajstić information content (AvgIpc) is 2.25. The summed E-state index contributed by atoms with van der Waals surface area (Å²) in [4.78, 5) is 4.26. The molecule has 0 saturated carbocycles. The maximum atomic E-state index is 5.72. The van der Waals surface area contributed by atoms with Gasteiger partial charge in [-0.3, -0.25) is 0 Å². The smallest absolute Gasteiger partial charge is 0.140 e. The van der Waals surface area contributed by atoms with Gasteiger partial charge >= 0.3 is 0 Å². The van der Waals surface area contributed by atoms with E-state index < -0.39 is 0 Å². The largest absolute Gasteiger partial charge is 0.397 e. The van der Waals surface area contributed by atoms with Crippen LogP contribution in [0.25, 0.3) is 0 Å². The maximum Gasteiger partial charge on any atom is 0.140 e. The molecule has 0 radical (unpaired) electrons. The van der Waals surface area contributed by atoms with Crippen molar-refractivity contribution in [2.24, 2.45) is 0 Å². The summed E-state index contributed by atoms with van der Waals surface area (Å²) in [5.74, 6) is 0.892. The van der Waals surface area contributed by atoms with Crippen molar-refractivity contribution in [1.82, 2.24) is 9.99 Å². The van der Waals surface area contributed by atoms with Crippen LogP contribution in [0.4, 0.5) is 11.5 Å². The monoisotopic (exact) mass is 206 g/mol. The topological polar surface area (TPSA) is 54.2 Å². The minimum atomic E-state index is 0.749. The van der Waals surface area contributed by atoms with Crippen LogP contribution in [0.15, 0.2) is 12.3 Å². The number of hydrazine groups is 1. The molecule has 15 heavy (non-hydrogen) atoms. The van der Waals surface area contributed by atoms with Crippen LogP contribution >= 0.6 is 0 Å². The van der Waals surface area contributed by atoms with Gasteiger partial charge in [-0.15, -0.1) is 0 Å². The van der Waals surface area contributed by atoms with E-state index in [2.05, 4.69) is 15.4 Å². The van der Waals surface area contributed by atoms with E-state index in [0.29, 0.717) is 0 Å². The van der Waals surface area contributed by atoms with Gasteiger partial charge in [-0.2, -0.15) is 0 Å². The highest BCUT2D eigenvalue weighted by molar-refractivity contribution is 5.50. The Kier molecular flexibility index (Phi) is 3.06. The fourth-order valence-electron chi connectivity index (χ4n) is 1.80. The fourth-order valence-corrected chi connectivity index (χ4v) is 1.80. The first-order chi connectivity index (χ1) is 7.25. The number of anilines is 2. The summed E-state index contributed by atoms with van der Waals surface area (Å²) in [5, 5.41) is 2.22. The van der Waals surface area contributed by atoms with Crippen LogP contribution in [0.1, 0.15) is 24.8 Å². The predicted molar refractivity (Wildman–Crippen MR) is 62.4 cm³/mol. The van der Waals surface area contributed by atoms with Gasteiger partial charge in [0.1, 0.15) is 5.82 Å². The van der Waals surface area contributed by atoms with Crippen LogP contribution in [-0.4, -0.2) is 23.1 Å². The van der Waals surface area contributed by atoms with Crippen LogP contribution in [0, 0.1) is 6.92 Å². The molecule has 0 unspecified atom stereocenters. The Labute approximate surface area is 90.5 Å². The van der Waals surface area contributed by atoms with Crippen molar-refractivity contribution in [3.05, 3.63) is 17.8 Å². The third-order valence-corrected chi connectivity index (χ3v) is 2.78. The van der Waals surface area contributed by atoms with E-state index in [9.17, 15) is 0 Å². The molecule has 0 amide bonds. The summed E-state index contributed by atoms with van der Waals surface area (Å²) in [6.07, 6.45) is 5.58. The molecular formula is C11H18N4. The molecule has 0 atom stereocenters. The van der Waals surface area contributed by atoms with Gasteiger partial charge in [-0.05, 0) is 31.4 Å². The van der Waals surface area contributed by atoms with Gasteiger partial charge in [-0.25, -0.2) is 9.99 Å². The average molecular weight is 206 g/mol. The van der Waals surface area contributed by atoms with Crippen molar-refractivity contribution in [3.63, 3.8) is 0 Å². The minimum Gasteiger partial charge on any atom is -0.397 e. The van der Waals surface area contributed by atoms with Crippen molar-refractivity contribution in [2.45, 2.75) is 26.2 Å². The van der Waals surface area contributed by atoms with Crippen molar-refractivity contribution in [2.75, 3.05) is 24.2 Å². The van der Waals surface area contributed by atoms with Crippen LogP contribution in [0.3, 0.4) is 0 Å². The van der Waals surface area contributed by atoms with Gasteiger partial charge in [0.05, 0.1) is 11.9 Å². The molecule has 82 valence electrons. The highest BCUT2D eigenvalue weighted by Gasteiger charge is 2.10. The lowest BCUT2D eigenvalue weighted by Gasteiger charge is -2.27. The number of aromatic nitrogens is 1. The zero-order valence-corrected chi connectivity index (χ0v) is 9.16. The second kappa shape index (κ2) is 4.49. The summed E-state index contributed by atoms with van der Waals surface area (Å²) in [5.41, 5.74) is 10.9. The van der Waals surface area contributed by atoms with Crippen LogP contribution in [0.2, 0.25) is 0 Å². The van der Waals surface area contributed by atoms with Crippen LogP contribution < -0.4 is 11.2 Å². The van der Waals surface area contributed by atoms with Crippen molar-refractivity contribution < 1.29 is 0 Å². The molecule has 1 aliphatic heterocycles. The first-order valence-electron chi connectivity index (χ1n) is 5.49. The quantitative estimate of drug-likeness (QED) is 0.774. The summed E-state index contributed by atoms with van der Waals surface area (Å²) in [7, 11) is 0. The summed E-state index contributed by atoms with van der Waals surface area (Å²) in [6.45, 7) is 4.20. The second-order valence-corrected chi connectivity index (χ2v) is 4.09. The molecular weight excluding hydrogens is 188 g/mol. The molecule has 4 heteroatoms. The normalized spacial score (nSPS) is 17.7. The molecule has 4 nitrogen and oxygen atoms in total. The molecule has 1 aliphatic rings. The number of nitrogens with one attached hydrogen (secondary N) is 1. The van der Waals surface area contributed by atoms with E-state index in [1.807, 2.05) is 13.0 Å². The Hall–Kier alpha value is -1.29. The first-order valence-corrected chi connectivity index (χ1v) is 5.49. The first kappa shape index (κ1) is 10.2. The number of aryl methyl sites for hydroxylation is 1. The highest BCUT2D eigenvalue weighted by Crippen LogP contribution is 2.15. The molecule has 0 aromatic carbocycles. The zero-order chi connectivity index (χ0) is 10.7. The van der Waals surface area contributed by atoms with Gasteiger partial charge in [0, 0.05) is 13.1 Å². The van der Waals surface area contributed by atoms with Crippen molar-refractivity contribution in [1.29, 1.82) is 0 Å². The van der Waals surface area contributed by atoms with Gasteiger partial charge in [-0.1, -0.05) is 6.42 Å². The van der Waals surface area contributed by atoms with Crippen molar-refractivity contribution in [3.8, 4) is 0 Å². The maximum absolute atomic E-state index is 5.72. The molecule has 1 fully saturated rings. The van der Waals surface area contributed by atoms with E-state index >= 15 is 0 Å². The molecule has 0 spiro atoms. The summed E-state index contributed by atoms with van der Waals surface area (Å²) < 4.78 is 0. The zero-order valence-electron chi connectivity index (χ0n) is 9.16. The second-order valence-electron chi connectivity index (χ2n) is 4.09. The number of nitrogens with two attached hydrogens (primary N) is 1. The highest BCUT2D eigenvalue weighted by atomic mass is 15.5. The molecule has 0 aliphatic carbocycles. The van der Waals surface area contributed by atoms with E-state index in [1.165, 1.54) is 19.3 Å². The molecule has 3 N–H and O–H groups in total. The number of nitrogens with zero attached hydrogens (tertiary/aromatic N) is 2. The number of rotatable bonds is 2. The Morgan fingerprint density at radius 2 is 2.07 bits per heavy atom. The standard InChI is InChI=1S/C11H18N4/c1-9-7-11(13-8-10(9)12)14-15-5-3-2-4-6-15/h7-8H,2-6,12H2,1H3,(H,13,14). The number of piperidine rings is 1. The third kappa shape index (κ3) is 2.59. The summed E-state index contributed by atoms with van der Waals surface area (Å²) >= 11 is 0. The van der Waals surface area contributed by atoms with Crippen LogP contribution in [-0.2, 0) is 0 Å². The van der Waals surface area contributed by atoms with Gasteiger partial charge < -0.3 is 11.2 Å². The SMILES string of the molecule is Cc1cc(NN2CCCCC2)ncc1N. The lowest BCUT2D eigenvalue weighted by molar-refractivity contribution is 0.272. The third-order valence-electron chi connectivity index (χ3n) is 2.78. The number of hydrogen-bond donors (Lipinski definition) is 2. The fraction of sp³-hybridized carbons (Fsp3) is 0.545. The Morgan fingerprint density at radius 3 is 2.73 bits per heavy atom. The van der Waals surface area contributed by atoms with E-state index in [1.54, 1.807) is 6.20 Å². The van der Waals surface area contributed by atoms with E-state index in [4.69, 9.17) is 5.73 Å². The van der Waals surface area contributed by atoms with E-state index in [0.717, 1.165) is 30.2 Å². The Balaban J connectivity index is 2.00. The minimum absolute atomic E-state index is 0.749. The number of nitrogen functional groups attached to an aromatic ring is 1. The number of pyridine rings is 1. The van der Waals surface area contributed by atoms with E-state index in [-0.39, 0.29) is 0 Å². The van der Waals surface area contributed by atoms with Crippen molar-refractivity contribution >= 4 is 11.5 Å². The lowest BCUT2D eigenvalue weighted by Crippen LogP contribution is -2.35. The Morgan fingerprint density at radius 1 is 1.33 bits per heavy atom. The van der Waals surface area contributed by atoms with Gasteiger partial charge in [0.15, 0.2) is 0 Å².